The first-order valence-electron chi connectivity index (χ1n) is 23.1. The first-order chi connectivity index (χ1) is 33.1. The summed E-state index contributed by atoms with van der Waals surface area (Å²) in [5, 5.41) is 67.1. The smallest absolute Gasteiger partial charge is 0.305 e. The van der Waals surface area contributed by atoms with Gasteiger partial charge in [0.2, 0.25) is 47.3 Å². The molecule has 0 heterocycles. The van der Waals surface area contributed by atoms with Gasteiger partial charge in [0, 0.05) is 13.0 Å². The Morgan fingerprint density at radius 2 is 1.14 bits per heavy atom. The predicted octanol–water partition coefficient (Wildman–Crippen LogP) is -3.37. The van der Waals surface area contributed by atoms with Crippen LogP contribution in [0.5, 0.6) is 5.75 Å². The van der Waals surface area contributed by atoms with Gasteiger partial charge in [0.25, 0.3) is 0 Å². The maximum Gasteiger partial charge on any atom is 0.305 e. The van der Waals surface area contributed by atoms with Crippen molar-refractivity contribution in [3.05, 3.63) is 29.8 Å². The fourth-order valence-corrected chi connectivity index (χ4v) is 7.10. The Hall–Kier alpha value is -6.25. The number of carbonyl (C=O) groups excluding carboxylic acids is 8. The lowest BCUT2D eigenvalue weighted by atomic mass is 10.0. The topological polar surface area (TPSA) is 433 Å². The summed E-state index contributed by atoms with van der Waals surface area (Å²) < 4.78 is 0. The maximum atomic E-state index is 14.2. The number of nitrogens with two attached hydrogens (primary N) is 3. The highest BCUT2D eigenvalue weighted by Crippen LogP contribution is 2.14. The third-order valence-corrected chi connectivity index (χ3v) is 11.4. The summed E-state index contributed by atoms with van der Waals surface area (Å²) in [6, 6.07) is -4.62. The van der Waals surface area contributed by atoms with Crippen molar-refractivity contribution in [2.75, 3.05) is 31.7 Å². The predicted molar refractivity (Wildman–Crippen MR) is 259 cm³/mol. The molecule has 0 aliphatic rings. The molecule has 394 valence electrons. The molecule has 0 saturated carbocycles. The van der Waals surface area contributed by atoms with Crippen molar-refractivity contribution < 1.29 is 63.6 Å². The van der Waals surface area contributed by atoms with E-state index in [1.54, 1.807) is 6.26 Å². The Bertz CT molecular complexity index is 1890. The number of hydrogen-bond acceptors (Lipinski definition) is 15. The normalized spacial score (nSPS) is 14.8. The second-order valence-electron chi connectivity index (χ2n) is 16.7. The second kappa shape index (κ2) is 33.3. The number of carboxylic acid groups (broad SMARTS) is 1. The number of aliphatic hydroxyl groups is 2. The van der Waals surface area contributed by atoms with Crippen LogP contribution in [0.15, 0.2) is 24.3 Å². The van der Waals surface area contributed by atoms with E-state index in [0.717, 1.165) is 6.92 Å². The van der Waals surface area contributed by atoms with Gasteiger partial charge in [-0.1, -0.05) is 38.8 Å². The lowest BCUT2D eigenvalue weighted by molar-refractivity contribution is -0.142. The molecule has 0 radical (unpaired) electrons. The summed E-state index contributed by atoms with van der Waals surface area (Å²) in [6.07, 6.45) is 1.07. The van der Waals surface area contributed by atoms with Gasteiger partial charge in [0.1, 0.15) is 48.0 Å². The van der Waals surface area contributed by atoms with E-state index in [-0.39, 0.29) is 69.7 Å². The highest BCUT2D eigenvalue weighted by molar-refractivity contribution is 7.98. The van der Waals surface area contributed by atoms with Gasteiger partial charge in [-0.25, -0.2) is 0 Å². The number of phenolic OH excluding ortho intramolecular Hbond substituents is 1. The van der Waals surface area contributed by atoms with Crippen LogP contribution in [0, 0.1) is 11.3 Å². The molecule has 8 amide bonds. The summed E-state index contributed by atoms with van der Waals surface area (Å²) in [7, 11) is 0. The summed E-state index contributed by atoms with van der Waals surface area (Å²) >= 11 is 1.36. The van der Waals surface area contributed by atoms with Gasteiger partial charge >= 0.3 is 5.97 Å². The molecule has 0 fully saturated rings. The average Bonchev–Trinajstić information content (AvgIpc) is 3.30. The third kappa shape index (κ3) is 23.9. The van der Waals surface area contributed by atoms with Crippen molar-refractivity contribution in [2.24, 2.45) is 23.1 Å². The quantitative estimate of drug-likeness (QED) is 0.0179. The number of thioether (sulfide) groups is 1. The number of aliphatic hydroxyl groups excluding tert-OH is 2. The van der Waals surface area contributed by atoms with Crippen molar-refractivity contribution in [3.8, 4) is 5.75 Å². The molecule has 25 nitrogen and oxygen atoms in total. The molecular weight excluding hydrogens is 937 g/mol. The standard InChI is InChI=1S/C44H74N12O13S/c1-5-6-10-28(36(46)62)50-38(64)30(12-9-19-49-44(47)48)53-41(67)32(21-26-13-15-27(59)16-14-26)54-39(65)29(11-7-8-18-45)52-42(68)33(22-34(60)61)55-43(69)35(25(3)58)56-40(66)31(17-20-70-4)51-37(63)24(2)23-57/h13-16,24-25,28-33,35,57-59H,5-12,17-23,45H2,1-4H3,(H2,46,62)(H,50,64)(H,51,63)(H,52,68)(H,53,67)(H,54,65)(H,55,69)(H,56,66)(H,60,61)(H4,47,48,49)/t24-,25+,28-,29-,30-,31-,32-,33-,35-/m0/s1. The van der Waals surface area contributed by atoms with Crippen molar-refractivity contribution in [1.82, 2.24) is 42.5 Å². The number of guanidine groups is 1. The molecule has 0 spiro atoms. The molecule has 0 bridgehead atoms. The van der Waals surface area contributed by atoms with E-state index in [2.05, 4.69) is 42.5 Å². The molecule has 0 aliphatic carbocycles. The number of unbranched alkanes of at least 4 members (excludes halogenated alkanes) is 2. The van der Waals surface area contributed by atoms with Crippen LogP contribution < -0.4 is 59.7 Å². The third-order valence-electron chi connectivity index (χ3n) is 10.8. The molecule has 1 aromatic rings. The van der Waals surface area contributed by atoms with Crippen LogP contribution >= 0.6 is 11.8 Å². The Labute approximate surface area is 411 Å². The van der Waals surface area contributed by atoms with Gasteiger partial charge in [-0.15, -0.1) is 0 Å². The lowest BCUT2D eigenvalue weighted by Gasteiger charge is -2.28. The van der Waals surface area contributed by atoms with Crippen LogP contribution in [0.4, 0.5) is 0 Å². The number of aromatic hydroxyl groups is 1. The molecule has 0 aliphatic heterocycles. The fraction of sp³-hybridized carbons (Fsp3) is 0.636. The Morgan fingerprint density at radius 1 is 0.657 bits per heavy atom. The molecule has 9 atom stereocenters. The number of phenols is 1. The summed E-state index contributed by atoms with van der Waals surface area (Å²) in [5.41, 5.74) is 17.1. The van der Waals surface area contributed by atoms with Gasteiger partial charge in [-0.3, -0.25) is 48.6 Å². The zero-order valence-electron chi connectivity index (χ0n) is 40.2. The van der Waals surface area contributed by atoms with E-state index in [4.69, 9.17) is 22.6 Å². The minimum atomic E-state index is -1.90. The first-order valence-corrected chi connectivity index (χ1v) is 24.5. The molecule has 0 unspecified atom stereocenters. The zero-order valence-corrected chi connectivity index (χ0v) is 41.0. The number of carboxylic acids is 1. The van der Waals surface area contributed by atoms with E-state index in [1.165, 1.54) is 43.0 Å². The van der Waals surface area contributed by atoms with E-state index in [0.29, 0.717) is 30.6 Å². The molecule has 70 heavy (non-hydrogen) atoms. The summed E-state index contributed by atoms with van der Waals surface area (Å²) in [5.74, 6) is -9.81. The van der Waals surface area contributed by atoms with E-state index >= 15 is 0 Å². The average molecular weight is 1010 g/mol. The number of hydrogen-bond donors (Lipinski definition) is 16. The van der Waals surface area contributed by atoms with Crippen molar-refractivity contribution >= 4 is 70.9 Å². The highest BCUT2D eigenvalue weighted by Gasteiger charge is 2.36. The monoisotopic (exact) mass is 1010 g/mol. The van der Waals surface area contributed by atoms with Crippen LogP contribution in [0.25, 0.3) is 0 Å². The molecule has 1 rings (SSSR count). The van der Waals surface area contributed by atoms with Crippen molar-refractivity contribution in [1.29, 1.82) is 5.41 Å². The summed E-state index contributed by atoms with van der Waals surface area (Å²) in [6.45, 7) is 4.25. The number of carbonyl (C=O) groups is 9. The van der Waals surface area contributed by atoms with Crippen LogP contribution in [-0.2, 0) is 49.6 Å². The van der Waals surface area contributed by atoms with E-state index in [9.17, 15) is 63.6 Å². The largest absolute Gasteiger partial charge is 0.508 e. The van der Waals surface area contributed by atoms with Gasteiger partial charge in [0.05, 0.1) is 25.0 Å². The number of primary amides is 1. The van der Waals surface area contributed by atoms with Gasteiger partial charge in [-0.2, -0.15) is 11.8 Å². The fourth-order valence-electron chi connectivity index (χ4n) is 6.63. The van der Waals surface area contributed by atoms with Crippen LogP contribution in [0.2, 0.25) is 0 Å². The van der Waals surface area contributed by atoms with Crippen LogP contribution in [0.1, 0.15) is 90.5 Å². The number of benzene rings is 1. The van der Waals surface area contributed by atoms with Gasteiger partial charge in [0.15, 0.2) is 5.96 Å². The molecule has 0 aromatic heterocycles. The lowest BCUT2D eigenvalue weighted by Crippen LogP contribution is -2.61. The van der Waals surface area contributed by atoms with E-state index in [1.807, 2.05) is 6.92 Å². The molecule has 19 N–H and O–H groups in total. The van der Waals surface area contributed by atoms with Crippen LogP contribution in [0.3, 0.4) is 0 Å². The molecule has 26 heteroatoms. The molecular formula is C44H74N12O13S. The number of amides is 8. The number of rotatable bonds is 35. The molecule has 1 aromatic carbocycles. The Balaban J connectivity index is 3.57. The summed E-state index contributed by atoms with van der Waals surface area (Å²) in [4.78, 5) is 120. The highest BCUT2D eigenvalue weighted by atomic mass is 32.2. The van der Waals surface area contributed by atoms with Gasteiger partial charge < -0.3 is 80.2 Å². The van der Waals surface area contributed by atoms with Gasteiger partial charge in [-0.05, 0) is 88.1 Å². The maximum absolute atomic E-state index is 14.2. The first kappa shape index (κ1) is 61.8. The Kier molecular flexibility index (Phi) is 29.4. The minimum Gasteiger partial charge on any atom is -0.508 e. The number of nitrogens with one attached hydrogen (secondary N) is 9. The number of aliphatic carboxylic acids is 1. The SMILES string of the molecule is CCCC[C@H](NC(=O)[C@H](CCCNC(=N)N)NC(=O)[C@H](Cc1ccc(O)cc1)NC(=O)[C@H](CCCCN)NC(=O)[C@H](CC(=O)O)NC(=O)[C@@H](NC(=O)[C@H](CCSC)NC(=O)[C@@H](C)CO)[C@@H](C)O)C(N)=O. The van der Waals surface area contributed by atoms with Crippen LogP contribution in [-0.4, -0.2) is 160 Å². The second-order valence-corrected chi connectivity index (χ2v) is 17.7. The van der Waals surface area contributed by atoms with Crippen molar-refractivity contribution in [3.63, 3.8) is 0 Å². The molecule has 0 saturated heterocycles. The zero-order chi connectivity index (χ0) is 52.9. The van der Waals surface area contributed by atoms with Crippen molar-refractivity contribution in [2.45, 2.75) is 140 Å². The minimum absolute atomic E-state index is 0.0376. The Morgan fingerprint density at radius 3 is 1.66 bits per heavy atom. The van der Waals surface area contributed by atoms with E-state index < -0.39 is 121 Å².